The van der Waals surface area contributed by atoms with E-state index in [0.717, 1.165) is 32.2 Å². The molecule has 1 aliphatic rings. The summed E-state index contributed by atoms with van der Waals surface area (Å²) in [6.45, 7) is 0.772. The van der Waals surface area contributed by atoms with Gasteiger partial charge in [0.25, 0.3) is 5.91 Å². The lowest BCUT2D eigenvalue weighted by Crippen LogP contribution is -2.44. The molecular formula is C14H16ClFINO. The minimum Gasteiger partial charge on any atom is -0.336 e. The summed E-state index contributed by atoms with van der Waals surface area (Å²) in [6.07, 6.45) is 4.01. The molecule has 1 aromatic carbocycles. The molecule has 1 atom stereocenters. The Morgan fingerprint density at radius 1 is 1.47 bits per heavy atom. The van der Waals surface area contributed by atoms with Gasteiger partial charge in [0.15, 0.2) is 0 Å². The molecule has 1 unspecified atom stereocenters. The van der Waals surface area contributed by atoms with Crippen LogP contribution in [0.2, 0.25) is 0 Å². The first-order valence-corrected chi connectivity index (χ1v) is 8.07. The highest BCUT2D eigenvalue weighted by Gasteiger charge is 2.27. The van der Waals surface area contributed by atoms with Crippen molar-refractivity contribution in [2.75, 3.05) is 12.4 Å². The number of hydrogen-bond donors (Lipinski definition) is 0. The largest absolute Gasteiger partial charge is 0.336 e. The van der Waals surface area contributed by atoms with Crippen molar-refractivity contribution < 1.29 is 9.18 Å². The zero-order valence-corrected chi connectivity index (χ0v) is 13.5. The Morgan fingerprint density at radius 2 is 2.26 bits per heavy atom. The molecule has 0 aromatic heterocycles. The van der Waals surface area contributed by atoms with Crippen molar-refractivity contribution in [2.45, 2.75) is 31.7 Å². The number of rotatable bonds is 3. The van der Waals surface area contributed by atoms with Crippen LogP contribution in [-0.2, 0) is 0 Å². The number of benzene rings is 1. The van der Waals surface area contributed by atoms with Crippen molar-refractivity contribution in [1.82, 2.24) is 4.90 Å². The first-order valence-electron chi connectivity index (χ1n) is 6.45. The van der Waals surface area contributed by atoms with Crippen LogP contribution in [-0.4, -0.2) is 29.3 Å². The van der Waals surface area contributed by atoms with E-state index in [0.29, 0.717) is 15.0 Å². The maximum atomic E-state index is 13.1. The van der Waals surface area contributed by atoms with Crippen LogP contribution in [0.25, 0.3) is 0 Å². The molecule has 5 heteroatoms. The molecule has 0 N–H and O–H groups in total. The standard InChI is InChI=1S/C14H16ClFINO/c15-7-6-11-3-1-2-8-18(11)14(19)12-5-4-10(16)9-13(12)17/h4-5,9,11H,1-3,6-8H2. The summed E-state index contributed by atoms with van der Waals surface area (Å²) in [5.74, 6) is 0.255. The molecule has 19 heavy (non-hydrogen) atoms. The molecule has 1 saturated heterocycles. The van der Waals surface area contributed by atoms with Gasteiger partial charge in [-0.3, -0.25) is 4.79 Å². The SMILES string of the molecule is O=C(c1ccc(F)cc1I)N1CCCCC1CCCl. The van der Waals surface area contributed by atoms with Crippen molar-refractivity contribution in [3.8, 4) is 0 Å². The molecule has 1 aliphatic heterocycles. The average molecular weight is 396 g/mol. The van der Waals surface area contributed by atoms with Crippen molar-refractivity contribution in [3.05, 3.63) is 33.1 Å². The van der Waals surface area contributed by atoms with E-state index in [4.69, 9.17) is 11.6 Å². The Labute approximate surface area is 131 Å². The van der Waals surface area contributed by atoms with Crippen molar-refractivity contribution >= 4 is 40.1 Å². The number of piperidine rings is 1. The van der Waals surface area contributed by atoms with Gasteiger partial charge < -0.3 is 4.90 Å². The Bertz CT molecular complexity index is 467. The molecule has 0 aliphatic carbocycles. The first-order chi connectivity index (χ1) is 9.13. The fourth-order valence-electron chi connectivity index (χ4n) is 2.51. The molecule has 0 radical (unpaired) electrons. The normalized spacial score (nSPS) is 19.5. The zero-order chi connectivity index (χ0) is 13.8. The van der Waals surface area contributed by atoms with Crippen LogP contribution in [0.1, 0.15) is 36.0 Å². The van der Waals surface area contributed by atoms with E-state index in [1.807, 2.05) is 27.5 Å². The quantitative estimate of drug-likeness (QED) is 0.558. The second-order valence-corrected chi connectivity index (χ2v) is 6.29. The van der Waals surface area contributed by atoms with Gasteiger partial charge in [0.1, 0.15) is 5.82 Å². The first kappa shape index (κ1) is 15.0. The number of halogens is 3. The average Bonchev–Trinajstić information content (AvgIpc) is 2.39. The summed E-state index contributed by atoms with van der Waals surface area (Å²) in [4.78, 5) is 14.5. The number of likely N-dealkylation sites (tertiary alicyclic amines) is 1. The van der Waals surface area contributed by atoms with Gasteiger partial charge in [-0.1, -0.05) is 0 Å². The third-order valence-electron chi connectivity index (χ3n) is 3.49. The van der Waals surface area contributed by atoms with Crippen LogP contribution in [0.4, 0.5) is 4.39 Å². The second kappa shape index (κ2) is 6.88. The number of carbonyl (C=O) groups excluding carboxylic acids is 1. The van der Waals surface area contributed by atoms with Crippen molar-refractivity contribution in [2.24, 2.45) is 0 Å². The van der Waals surface area contributed by atoms with Crippen LogP contribution in [0, 0.1) is 9.39 Å². The van der Waals surface area contributed by atoms with Gasteiger partial charge in [-0.25, -0.2) is 4.39 Å². The molecule has 104 valence electrons. The van der Waals surface area contributed by atoms with Crippen LogP contribution in [0.15, 0.2) is 18.2 Å². The Morgan fingerprint density at radius 3 is 2.95 bits per heavy atom. The Kier molecular flexibility index (Phi) is 5.45. The van der Waals surface area contributed by atoms with Crippen LogP contribution < -0.4 is 0 Å². The second-order valence-electron chi connectivity index (χ2n) is 4.75. The summed E-state index contributed by atoms with van der Waals surface area (Å²) in [6, 6.07) is 4.54. The molecule has 1 aromatic rings. The third-order valence-corrected chi connectivity index (χ3v) is 4.60. The minimum absolute atomic E-state index is 0.000725. The Hall–Kier alpha value is -0.360. The highest BCUT2D eigenvalue weighted by atomic mass is 127. The highest BCUT2D eigenvalue weighted by molar-refractivity contribution is 14.1. The maximum absolute atomic E-state index is 13.1. The molecule has 1 amide bonds. The molecule has 0 spiro atoms. The summed E-state index contributed by atoms with van der Waals surface area (Å²) in [7, 11) is 0. The van der Waals surface area contributed by atoms with Gasteiger partial charge in [0.05, 0.1) is 5.56 Å². The Balaban J connectivity index is 2.21. The zero-order valence-electron chi connectivity index (χ0n) is 10.5. The molecule has 0 bridgehead atoms. The number of nitrogens with zero attached hydrogens (tertiary/aromatic N) is 1. The number of carbonyl (C=O) groups is 1. The molecule has 1 fully saturated rings. The van der Waals surface area contributed by atoms with Crippen molar-refractivity contribution in [1.29, 1.82) is 0 Å². The topological polar surface area (TPSA) is 20.3 Å². The lowest BCUT2D eigenvalue weighted by Gasteiger charge is -2.35. The maximum Gasteiger partial charge on any atom is 0.255 e. The lowest BCUT2D eigenvalue weighted by molar-refractivity contribution is 0.0608. The number of alkyl halides is 1. The number of hydrogen-bond acceptors (Lipinski definition) is 1. The fourth-order valence-corrected chi connectivity index (χ4v) is 3.47. The van der Waals surface area contributed by atoms with Crippen molar-refractivity contribution in [3.63, 3.8) is 0 Å². The predicted octanol–water partition coefficient (Wildman–Crippen LogP) is 4.05. The summed E-state index contributed by atoms with van der Waals surface area (Å²) in [5.41, 5.74) is 0.587. The van der Waals surface area contributed by atoms with Gasteiger partial charge >= 0.3 is 0 Å². The third kappa shape index (κ3) is 3.60. The van der Waals surface area contributed by atoms with E-state index < -0.39 is 0 Å². The summed E-state index contributed by atoms with van der Waals surface area (Å²) < 4.78 is 13.8. The van der Waals surface area contributed by atoms with Gasteiger partial charge in [-0.05, 0) is 66.5 Å². The van der Waals surface area contributed by atoms with Gasteiger partial charge in [-0.15, -0.1) is 11.6 Å². The van der Waals surface area contributed by atoms with Gasteiger partial charge in [0.2, 0.25) is 0 Å². The lowest BCUT2D eigenvalue weighted by atomic mass is 9.99. The van der Waals surface area contributed by atoms with E-state index >= 15 is 0 Å². The highest BCUT2D eigenvalue weighted by Crippen LogP contribution is 2.24. The molecule has 2 rings (SSSR count). The summed E-state index contributed by atoms with van der Waals surface area (Å²) >= 11 is 7.83. The summed E-state index contributed by atoms with van der Waals surface area (Å²) in [5, 5.41) is 0. The molecule has 1 heterocycles. The monoisotopic (exact) mass is 395 g/mol. The van der Waals surface area contributed by atoms with E-state index in [2.05, 4.69) is 0 Å². The molecule has 2 nitrogen and oxygen atoms in total. The minimum atomic E-state index is -0.308. The molecule has 0 saturated carbocycles. The predicted molar refractivity (Wildman–Crippen MR) is 83.1 cm³/mol. The van der Waals surface area contributed by atoms with Crippen LogP contribution in [0.5, 0.6) is 0 Å². The smallest absolute Gasteiger partial charge is 0.255 e. The molecular weight excluding hydrogens is 380 g/mol. The van der Waals surface area contributed by atoms with E-state index in [9.17, 15) is 9.18 Å². The number of amides is 1. The van der Waals surface area contributed by atoms with Crippen LogP contribution in [0.3, 0.4) is 0 Å². The van der Waals surface area contributed by atoms with E-state index in [1.54, 1.807) is 6.07 Å². The van der Waals surface area contributed by atoms with E-state index in [1.165, 1.54) is 12.1 Å². The van der Waals surface area contributed by atoms with E-state index in [-0.39, 0.29) is 17.8 Å². The van der Waals surface area contributed by atoms with Gasteiger partial charge in [-0.2, -0.15) is 0 Å². The van der Waals surface area contributed by atoms with Crippen LogP contribution >= 0.6 is 34.2 Å². The van der Waals surface area contributed by atoms with Gasteiger partial charge in [0, 0.05) is 22.0 Å². The fraction of sp³-hybridized carbons (Fsp3) is 0.500.